The Balaban J connectivity index is 3.70. The molecule has 5 nitrogen and oxygen atoms in total. The molecule has 3 atom stereocenters. The van der Waals surface area contributed by atoms with Gasteiger partial charge in [0.2, 0.25) is 5.91 Å². The molecule has 5 heteroatoms. The number of aliphatic hydroxyl groups is 3. The van der Waals surface area contributed by atoms with Crippen LogP contribution in [0.3, 0.4) is 0 Å². The predicted molar refractivity (Wildman–Crippen MR) is 181 cm³/mol. The second-order valence-electron chi connectivity index (χ2n) is 12.8. The van der Waals surface area contributed by atoms with Crippen LogP contribution < -0.4 is 5.32 Å². The third-order valence-electron chi connectivity index (χ3n) is 8.62. The number of aliphatic hydroxyl groups excluding tert-OH is 3. The van der Waals surface area contributed by atoms with Gasteiger partial charge in [-0.1, -0.05) is 161 Å². The Kier molecular flexibility index (Phi) is 32.3. The lowest BCUT2D eigenvalue weighted by Gasteiger charge is -2.26. The van der Waals surface area contributed by atoms with E-state index in [1.807, 2.05) is 0 Å². The van der Waals surface area contributed by atoms with E-state index in [4.69, 9.17) is 0 Å². The minimum Gasteiger partial charge on any atom is -0.394 e. The Morgan fingerprint density at radius 3 is 1.38 bits per heavy atom. The van der Waals surface area contributed by atoms with E-state index in [1.165, 1.54) is 122 Å². The summed E-state index contributed by atoms with van der Waals surface area (Å²) in [7, 11) is 0. The summed E-state index contributed by atoms with van der Waals surface area (Å²) in [6.45, 7) is 4.15. The number of rotatable bonds is 33. The summed E-state index contributed by atoms with van der Waals surface area (Å²) in [6.07, 6.45) is 35.8. The normalized spacial score (nSPS) is 13.9. The Bertz CT molecular complexity index is 582. The lowest BCUT2D eigenvalue weighted by molar-refractivity contribution is -0.124. The van der Waals surface area contributed by atoms with Crippen molar-refractivity contribution >= 4 is 5.91 Å². The van der Waals surface area contributed by atoms with E-state index in [9.17, 15) is 20.1 Å². The molecular formula is C37H73NO4. The maximum atomic E-state index is 12.3. The maximum Gasteiger partial charge on any atom is 0.220 e. The third kappa shape index (κ3) is 27.9. The van der Waals surface area contributed by atoms with Gasteiger partial charge in [-0.05, 0) is 38.5 Å². The fourth-order valence-electron chi connectivity index (χ4n) is 5.68. The topological polar surface area (TPSA) is 89.8 Å². The molecule has 0 heterocycles. The minimum atomic E-state index is -1.13. The molecule has 3 unspecified atom stereocenters. The number of nitrogens with one attached hydrogen (secondary N) is 1. The zero-order valence-corrected chi connectivity index (χ0v) is 28.1. The van der Waals surface area contributed by atoms with Crippen LogP contribution in [0.15, 0.2) is 12.2 Å². The van der Waals surface area contributed by atoms with Crippen LogP contribution in [-0.2, 0) is 4.79 Å². The summed E-state index contributed by atoms with van der Waals surface area (Å²) >= 11 is 0. The van der Waals surface area contributed by atoms with Crippen LogP contribution in [0.4, 0.5) is 0 Å². The molecule has 0 aliphatic carbocycles. The van der Waals surface area contributed by atoms with Gasteiger partial charge in [0.1, 0.15) is 6.10 Å². The SMILES string of the molecule is CCCCCCCCC/C=C\CCCCCCCC(=O)NC(CO)C(O)C(O)CCCCCCCCCCCCCC. The number of hydrogen-bond donors (Lipinski definition) is 4. The third-order valence-corrected chi connectivity index (χ3v) is 8.62. The average molecular weight is 596 g/mol. The quantitative estimate of drug-likeness (QED) is 0.0449. The highest BCUT2D eigenvalue weighted by Gasteiger charge is 2.26. The first-order valence-electron chi connectivity index (χ1n) is 18.5. The van der Waals surface area contributed by atoms with Gasteiger partial charge in [0.25, 0.3) is 0 Å². The first-order valence-corrected chi connectivity index (χ1v) is 18.5. The van der Waals surface area contributed by atoms with Crippen LogP contribution in [0.1, 0.15) is 194 Å². The highest BCUT2D eigenvalue weighted by atomic mass is 16.3. The molecule has 0 bridgehead atoms. The maximum absolute atomic E-state index is 12.3. The number of carbonyl (C=O) groups is 1. The fourth-order valence-corrected chi connectivity index (χ4v) is 5.68. The molecule has 0 spiro atoms. The molecule has 0 saturated carbocycles. The summed E-state index contributed by atoms with van der Waals surface area (Å²) in [6, 6.07) is -0.808. The highest BCUT2D eigenvalue weighted by Crippen LogP contribution is 2.15. The largest absolute Gasteiger partial charge is 0.394 e. The number of amides is 1. The van der Waals surface area contributed by atoms with Gasteiger partial charge in [-0.15, -0.1) is 0 Å². The van der Waals surface area contributed by atoms with Crippen LogP contribution in [0.25, 0.3) is 0 Å². The monoisotopic (exact) mass is 596 g/mol. The van der Waals surface area contributed by atoms with E-state index in [2.05, 4.69) is 31.3 Å². The van der Waals surface area contributed by atoms with Crippen LogP contribution in [0.2, 0.25) is 0 Å². The van der Waals surface area contributed by atoms with Gasteiger partial charge in [-0.2, -0.15) is 0 Å². The molecule has 0 aliphatic heterocycles. The van der Waals surface area contributed by atoms with Crippen molar-refractivity contribution in [2.45, 2.75) is 212 Å². The van der Waals surface area contributed by atoms with Crippen LogP contribution in [0, 0.1) is 0 Å². The van der Waals surface area contributed by atoms with E-state index in [0.717, 1.165) is 44.9 Å². The van der Waals surface area contributed by atoms with Crippen LogP contribution in [0.5, 0.6) is 0 Å². The Hall–Kier alpha value is -0.910. The smallest absolute Gasteiger partial charge is 0.220 e. The van der Waals surface area contributed by atoms with E-state index >= 15 is 0 Å². The van der Waals surface area contributed by atoms with E-state index in [1.54, 1.807) is 0 Å². The molecule has 250 valence electrons. The number of allylic oxidation sites excluding steroid dienone is 2. The van der Waals surface area contributed by atoms with Gasteiger partial charge >= 0.3 is 0 Å². The molecular weight excluding hydrogens is 522 g/mol. The molecule has 0 aliphatic rings. The van der Waals surface area contributed by atoms with Crippen molar-refractivity contribution in [1.82, 2.24) is 5.32 Å². The van der Waals surface area contributed by atoms with Crippen molar-refractivity contribution < 1.29 is 20.1 Å². The van der Waals surface area contributed by atoms with Gasteiger partial charge in [0.05, 0.1) is 18.8 Å². The molecule has 0 aromatic heterocycles. The fraction of sp³-hybridized carbons (Fsp3) is 0.919. The number of hydrogen-bond acceptors (Lipinski definition) is 4. The van der Waals surface area contributed by atoms with Crippen molar-refractivity contribution in [3.8, 4) is 0 Å². The van der Waals surface area contributed by atoms with Crippen molar-refractivity contribution in [3.63, 3.8) is 0 Å². The lowest BCUT2D eigenvalue weighted by atomic mass is 9.99. The van der Waals surface area contributed by atoms with Crippen molar-refractivity contribution in [2.24, 2.45) is 0 Å². The second kappa shape index (κ2) is 33.0. The molecule has 42 heavy (non-hydrogen) atoms. The molecule has 0 aromatic rings. The number of carbonyl (C=O) groups excluding carboxylic acids is 1. The van der Waals surface area contributed by atoms with Crippen LogP contribution >= 0.6 is 0 Å². The summed E-state index contributed by atoms with van der Waals surface area (Å²) in [4.78, 5) is 12.3. The molecule has 0 rings (SSSR count). The van der Waals surface area contributed by atoms with Crippen molar-refractivity contribution in [1.29, 1.82) is 0 Å². The predicted octanol–water partition coefficient (Wildman–Crippen LogP) is 9.70. The second-order valence-corrected chi connectivity index (χ2v) is 12.8. The van der Waals surface area contributed by atoms with Gasteiger partial charge in [0.15, 0.2) is 0 Å². The minimum absolute atomic E-state index is 0.154. The highest BCUT2D eigenvalue weighted by molar-refractivity contribution is 5.76. The summed E-state index contributed by atoms with van der Waals surface area (Å²) in [5.41, 5.74) is 0. The molecule has 1 amide bonds. The van der Waals surface area contributed by atoms with Gasteiger partial charge in [-0.25, -0.2) is 0 Å². The molecule has 4 N–H and O–H groups in total. The van der Waals surface area contributed by atoms with Crippen LogP contribution in [-0.4, -0.2) is 46.1 Å². The Morgan fingerprint density at radius 1 is 0.571 bits per heavy atom. The average Bonchev–Trinajstić information content (AvgIpc) is 2.99. The van der Waals surface area contributed by atoms with E-state index in [-0.39, 0.29) is 12.5 Å². The molecule has 0 fully saturated rings. The molecule has 0 saturated heterocycles. The first kappa shape index (κ1) is 41.1. The summed E-state index contributed by atoms with van der Waals surface area (Å²) in [5.74, 6) is -0.154. The van der Waals surface area contributed by atoms with Crippen molar-refractivity contribution in [2.75, 3.05) is 6.61 Å². The van der Waals surface area contributed by atoms with E-state index < -0.39 is 18.2 Å². The zero-order valence-electron chi connectivity index (χ0n) is 28.1. The Labute approximate surface area is 261 Å². The first-order chi connectivity index (χ1) is 20.6. The van der Waals surface area contributed by atoms with Gasteiger partial charge in [0, 0.05) is 6.42 Å². The number of unbranched alkanes of at least 4 members (excludes halogenated alkanes) is 23. The standard InChI is InChI=1S/C37H73NO4/c1-3-5-7-9-11-13-15-17-18-19-20-22-24-26-28-30-32-36(41)38-34(33-39)37(42)35(40)31-29-27-25-23-21-16-14-12-10-8-6-4-2/h18-19,34-35,37,39-40,42H,3-17,20-33H2,1-2H3,(H,38,41)/b19-18-. The molecule has 0 aromatic carbocycles. The van der Waals surface area contributed by atoms with Gasteiger partial charge in [-0.3, -0.25) is 4.79 Å². The zero-order chi connectivity index (χ0) is 30.9. The van der Waals surface area contributed by atoms with Crippen molar-refractivity contribution in [3.05, 3.63) is 12.2 Å². The Morgan fingerprint density at radius 2 is 0.952 bits per heavy atom. The van der Waals surface area contributed by atoms with Gasteiger partial charge < -0.3 is 20.6 Å². The summed E-state index contributed by atoms with van der Waals surface area (Å²) in [5, 5.41) is 33.3. The lowest BCUT2D eigenvalue weighted by Crippen LogP contribution is -2.50. The van der Waals surface area contributed by atoms with E-state index in [0.29, 0.717) is 12.8 Å². The summed E-state index contributed by atoms with van der Waals surface area (Å²) < 4.78 is 0. The molecule has 0 radical (unpaired) electrons.